The number of hydrogen-bond donors (Lipinski definition) is 1. The lowest BCUT2D eigenvalue weighted by Crippen LogP contribution is -2.07. The number of nitrogens with one attached hydrogen (secondary N) is 1. The van der Waals surface area contributed by atoms with Crippen molar-refractivity contribution >= 4 is 33.2 Å². The Morgan fingerprint density at radius 3 is 3.00 bits per heavy atom. The van der Waals surface area contributed by atoms with Gasteiger partial charge in [0.05, 0.1) is 17.3 Å². The SMILES string of the molecule is CCn1ccnc1CNc1ccc(Br)cc1Cl. The smallest absolute Gasteiger partial charge is 0.128 e. The molecular formula is C12H13BrClN3. The van der Waals surface area contributed by atoms with Gasteiger partial charge >= 0.3 is 0 Å². The summed E-state index contributed by atoms with van der Waals surface area (Å²) in [5, 5.41) is 3.98. The van der Waals surface area contributed by atoms with Gasteiger partial charge in [-0.05, 0) is 25.1 Å². The molecule has 0 radical (unpaired) electrons. The van der Waals surface area contributed by atoms with Crippen LogP contribution < -0.4 is 5.32 Å². The summed E-state index contributed by atoms with van der Waals surface area (Å²) in [4.78, 5) is 4.30. The van der Waals surface area contributed by atoms with Gasteiger partial charge in [-0.2, -0.15) is 0 Å². The molecule has 1 aromatic carbocycles. The van der Waals surface area contributed by atoms with Crippen LogP contribution in [-0.2, 0) is 13.1 Å². The maximum atomic E-state index is 6.12. The first-order chi connectivity index (χ1) is 8.20. The molecule has 1 N–H and O–H groups in total. The van der Waals surface area contributed by atoms with Crippen molar-refractivity contribution in [3.8, 4) is 0 Å². The fraction of sp³-hybridized carbons (Fsp3) is 0.250. The number of aromatic nitrogens is 2. The molecule has 0 aliphatic carbocycles. The Balaban J connectivity index is 2.07. The predicted molar refractivity (Wildman–Crippen MR) is 74.4 cm³/mol. The maximum absolute atomic E-state index is 6.12. The van der Waals surface area contributed by atoms with Gasteiger partial charge < -0.3 is 9.88 Å². The third-order valence-electron chi connectivity index (χ3n) is 2.51. The van der Waals surface area contributed by atoms with Crippen molar-refractivity contribution in [2.24, 2.45) is 0 Å². The quantitative estimate of drug-likeness (QED) is 0.926. The average molecular weight is 315 g/mol. The van der Waals surface area contributed by atoms with Gasteiger partial charge in [-0.15, -0.1) is 0 Å². The van der Waals surface area contributed by atoms with Gasteiger partial charge in [0.15, 0.2) is 0 Å². The number of rotatable bonds is 4. The zero-order valence-electron chi connectivity index (χ0n) is 9.45. The highest BCUT2D eigenvalue weighted by Gasteiger charge is 2.03. The summed E-state index contributed by atoms with van der Waals surface area (Å²) in [6.07, 6.45) is 3.78. The van der Waals surface area contributed by atoms with Crippen molar-refractivity contribution in [3.63, 3.8) is 0 Å². The second-order valence-corrected chi connectivity index (χ2v) is 4.93. The Labute approximate surface area is 114 Å². The molecule has 0 bridgehead atoms. The van der Waals surface area contributed by atoms with E-state index in [1.807, 2.05) is 30.6 Å². The largest absolute Gasteiger partial charge is 0.377 e. The number of hydrogen-bond acceptors (Lipinski definition) is 2. The standard InChI is InChI=1S/C12H13BrClN3/c1-2-17-6-5-15-12(17)8-16-11-4-3-9(13)7-10(11)14/h3-7,16H,2,8H2,1H3. The van der Waals surface area contributed by atoms with Gasteiger partial charge in [-0.1, -0.05) is 27.5 Å². The summed E-state index contributed by atoms with van der Waals surface area (Å²) in [5.74, 6) is 1.01. The molecule has 3 nitrogen and oxygen atoms in total. The van der Waals surface area contributed by atoms with Crippen LogP contribution in [0.25, 0.3) is 0 Å². The molecule has 1 aromatic heterocycles. The Kier molecular flexibility index (Phi) is 4.07. The Morgan fingerprint density at radius 1 is 1.47 bits per heavy atom. The number of benzene rings is 1. The molecule has 0 saturated heterocycles. The van der Waals surface area contributed by atoms with Gasteiger partial charge in [-0.3, -0.25) is 0 Å². The van der Waals surface area contributed by atoms with E-state index in [1.165, 1.54) is 0 Å². The Hall–Kier alpha value is -1.000. The molecule has 0 aliphatic heterocycles. The number of halogens is 2. The second kappa shape index (κ2) is 5.56. The molecule has 5 heteroatoms. The van der Waals surface area contributed by atoms with Crippen LogP contribution >= 0.6 is 27.5 Å². The van der Waals surface area contributed by atoms with E-state index in [4.69, 9.17) is 11.6 Å². The lowest BCUT2D eigenvalue weighted by molar-refractivity contribution is 0.708. The van der Waals surface area contributed by atoms with Crippen molar-refractivity contribution in [3.05, 3.63) is 45.9 Å². The number of imidazole rings is 1. The van der Waals surface area contributed by atoms with Crippen LogP contribution in [0.2, 0.25) is 5.02 Å². The fourth-order valence-corrected chi connectivity index (χ4v) is 2.34. The van der Waals surface area contributed by atoms with E-state index in [0.717, 1.165) is 22.5 Å². The Bertz CT molecular complexity index is 510. The molecular weight excluding hydrogens is 302 g/mol. The van der Waals surface area contributed by atoms with E-state index < -0.39 is 0 Å². The van der Waals surface area contributed by atoms with E-state index in [1.54, 1.807) is 0 Å². The molecule has 17 heavy (non-hydrogen) atoms. The molecule has 0 saturated carbocycles. The van der Waals surface area contributed by atoms with Gasteiger partial charge in [0.2, 0.25) is 0 Å². The first-order valence-electron chi connectivity index (χ1n) is 5.39. The number of aryl methyl sites for hydroxylation is 1. The average Bonchev–Trinajstić information content (AvgIpc) is 2.75. The molecule has 0 aliphatic rings. The van der Waals surface area contributed by atoms with Crippen LogP contribution in [0.3, 0.4) is 0 Å². The number of nitrogens with zero attached hydrogens (tertiary/aromatic N) is 2. The maximum Gasteiger partial charge on any atom is 0.128 e. The molecule has 2 aromatic rings. The molecule has 2 rings (SSSR count). The van der Waals surface area contributed by atoms with Crippen molar-refractivity contribution in [1.82, 2.24) is 9.55 Å². The van der Waals surface area contributed by atoms with Crippen LogP contribution in [0, 0.1) is 0 Å². The summed E-state index contributed by atoms with van der Waals surface area (Å²) < 4.78 is 3.07. The zero-order chi connectivity index (χ0) is 12.3. The third-order valence-corrected chi connectivity index (χ3v) is 3.32. The molecule has 0 amide bonds. The molecule has 0 spiro atoms. The summed E-state index contributed by atoms with van der Waals surface area (Å²) >= 11 is 9.50. The summed E-state index contributed by atoms with van der Waals surface area (Å²) in [7, 11) is 0. The third kappa shape index (κ3) is 3.01. The summed E-state index contributed by atoms with van der Waals surface area (Å²) in [5.41, 5.74) is 0.917. The molecule has 0 atom stereocenters. The predicted octanol–water partition coefficient (Wildman–Crippen LogP) is 3.93. The van der Waals surface area contributed by atoms with Crippen LogP contribution in [-0.4, -0.2) is 9.55 Å². The van der Waals surface area contributed by atoms with Crippen molar-refractivity contribution in [2.75, 3.05) is 5.32 Å². The topological polar surface area (TPSA) is 29.9 Å². The highest BCUT2D eigenvalue weighted by molar-refractivity contribution is 9.10. The van der Waals surface area contributed by atoms with Gasteiger partial charge in [0.1, 0.15) is 5.82 Å². The summed E-state index contributed by atoms with van der Waals surface area (Å²) in [6.45, 7) is 3.69. The van der Waals surface area contributed by atoms with Gasteiger partial charge in [0, 0.05) is 23.4 Å². The minimum absolute atomic E-state index is 0.669. The normalized spacial score (nSPS) is 10.5. The van der Waals surface area contributed by atoms with Crippen molar-refractivity contribution in [2.45, 2.75) is 20.0 Å². The zero-order valence-corrected chi connectivity index (χ0v) is 11.8. The van der Waals surface area contributed by atoms with E-state index in [0.29, 0.717) is 11.6 Å². The van der Waals surface area contributed by atoms with Gasteiger partial charge in [0.25, 0.3) is 0 Å². The van der Waals surface area contributed by atoms with Gasteiger partial charge in [-0.25, -0.2) is 4.98 Å². The fourth-order valence-electron chi connectivity index (χ4n) is 1.60. The molecule has 0 unspecified atom stereocenters. The van der Waals surface area contributed by atoms with E-state index in [9.17, 15) is 0 Å². The first kappa shape index (κ1) is 12.5. The van der Waals surface area contributed by atoms with Crippen LogP contribution in [0.5, 0.6) is 0 Å². The van der Waals surface area contributed by atoms with E-state index >= 15 is 0 Å². The Morgan fingerprint density at radius 2 is 2.29 bits per heavy atom. The second-order valence-electron chi connectivity index (χ2n) is 3.61. The van der Waals surface area contributed by atoms with Crippen molar-refractivity contribution < 1.29 is 0 Å². The van der Waals surface area contributed by atoms with Crippen LogP contribution in [0.4, 0.5) is 5.69 Å². The molecule has 1 heterocycles. The lowest BCUT2D eigenvalue weighted by Gasteiger charge is -2.09. The number of anilines is 1. The van der Waals surface area contributed by atoms with Crippen molar-refractivity contribution in [1.29, 1.82) is 0 Å². The van der Waals surface area contributed by atoms with E-state index in [-0.39, 0.29) is 0 Å². The highest BCUT2D eigenvalue weighted by atomic mass is 79.9. The highest BCUT2D eigenvalue weighted by Crippen LogP contribution is 2.25. The van der Waals surface area contributed by atoms with E-state index in [2.05, 4.69) is 37.7 Å². The van der Waals surface area contributed by atoms with Crippen LogP contribution in [0.15, 0.2) is 35.1 Å². The molecule has 0 fully saturated rings. The lowest BCUT2D eigenvalue weighted by atomic mass is 10.3. The minimum atomic E-state index is 0.669. The van der Waals surface area contributed by atoms with Crippen LogP contribution in [0.1, 0.15) is 12.7 Å². The monoisotopic (exact) mass is 313 g/mol. The molecule has 90 valence electrons. The first-order valence-corrected chi connectivity index (χ1v) is 6.56. The summed E-state index contributed by atoms with van der Waals surface area (Å²) in [6, 6.07) is 5.78. The minimum Gasteiger partial charge on any atom is -0.377 e.